The van der Waals surface area contributed by atoms with Crippen molar-refractivity contribution >= 4 is 5.95 Å². The molecule has 0 atom stereocenters. The number of para-hydroxylation sites is 1. The second-order valence-electron chi connectivity index (χ2n) is 5.18. The topological polar surface area (TPSA) is 76.8 Å². The van der Waals surface area contributed by atoms with E-state index < -0.39 is 0 Å². The van der Waals surface area contributed by atoms with E-state index in [4.69, 9.17) is 10.5 Å². The van der Waals surface area contributed by atoms with Crippen molar-refractivity contribution in [3.63, 3.8) is 0 Å². The van der Waals surface area contributed by atoms with E-state index >= 15 is 0 Å². The van der Waals surface area contributed by atoms with Crippen LogP contribution in [0.3, 0.4) is 0 Å². The number of ether oxygens (including phenoxy) is 1. The zero-order valence-corrected chi connectivity index (χ0v) is 10.9. The van der Waals surface area contributed by atoms with Crippen LogP contribution in [0.4, 0.5) is 5.95 Å². The molecule has 0 unspecified atom stereocenters. The molecule has 1 aromatic carbocycles. The first kappa shape index (κ1) is 12.4. The van der Waals surface area contributed by atoms with Crippen molar-refractivity contribution < 1.29 is 4.74 Å². The lowest BCUT2D eigenvalue weighted by Gasteiger charge is -2.22. The first-order chi connectivity index (χ1) is 8.47. The van der Waals surface area contributed by atoms with E-state index in [1.807, 2.05) is 18.2 Å². The third-order valence-corrected chi connectivity index (χ3v) is 2.61. The normalized spacial score (nSPS) is 11.5. The summed E-state index contributed by atoms with van der Waals surface area (Å²) in [5, 5.41) is 6.48. The molecule has 5 heteroatoms. The third kappa shape index (κ3) is 2.80. The van der Waals surface area contributed by atoms with Gasteiger partial charge in [0.15, 0.2) is 5.82 Å². The SMILES string of the molecule is CC(C)(C)c1ccccc1OCc1nc(N)n[nH]1. The number of benzene rings is 1. The van der Waals surface area contributed by atoms with Crippen LogP contribution in [0.5, 0.6) is 5.75 Å². The Labute approximate surface area is 106 Å². The Morgan fingerprint density at radius 3 is 2.61 bits per heavy atom. The molecule has 1 aromatic heterocycles. The predicted molar refractivity (Wildman–Crippen MR) is 70.3 cm³/mol. The van der Waals surface area contributed by atoms with Gasteiger partial charge in [-0.25, -0.2) is 0 Å². The molecule has 96 valence electrons. The number of aromatic nitrogens is 3. The van der Waals surface area contributed by atoms with Crippen molar-refractivity contribution in [1.82, 2.24) is 15.2 Å². The lowest BCUT2D eigenvalue weighted by atomic mass is 9.86. The summed E-state index contributed by atoms with van der Waals surface area (Å²) < 4.78 is 5.77. The van der Waals surface area contributed by atoms with Crippen LogP contribution >= 0.6 is 0 Å². The third-order valence-electron chi connectivity index (χ3n) is 2.61. The predicted octanol–water partition coefficient (Wildman–Crippen LogP) is 2.26. The zero-order valence-electron chi connectivity index (χ0n) is 10.9. The van der Waals surface area contributed by atoms with Gasteiger partial charge in [-0.1, -0.05) is 39.0 Å². The summed E-state index contributed by atoms with van der Waals surface area (Å²) in [5.74, 6) is 1.72. The molecular weight excluding hydrogens is 228 g/mol. The van der Waals surface area contributed by atoms with Crippen molar-refractivity contribution in [3.05, 3.63) is 35.7 Å². The van der Waals surface area contributed by atoms with Gasteiger partial charge in [0.2, 0.25) is 5.95 Å². The first-order valence-electron chi connectivity index (χ1n) is 5.86. The summed E-state index contributed by atoms with van der Waals surface area (Å²) in [5.41, 5.74) is 6.64. The van der Waals surface area contributed by atoms with Gasteiger partial charge in [-0.15, -0.1) is 5.10 Å². The number of nitrogens with zero attached hydrogens (tertiary/aromatic N) is 2. The van der Waals surface area contributed by atoms with Crippen LogP contribution in [0, 0.1) is 0 Å². The van der Waals surface area contributed by atoms with Crippen LogP contribution in [0.1, 0.15) is 32.2 Å². The van der Waals surface area contributed by atoms with Crippen molar-refractivity contribution in [1.29, 1.82) is 0 Å². The minimum Gasteiger partial charge on any atom is -0.485 e. The van der Waals surface area contributed by atoms with Gasteiger partial charge in [0.05, 0.1) is 0 Å². The molecule has 0 radical (unpaired) electrons. The average Bonchev–Trinajstić information content (AvgIpc) is 2.72. The molecular formula is C13H18N4O. The van der Waals surface area contributed by atoms with Crippen molar-refractivity contribution in [3.8, 4) is 5.75 Å². The van der Waals surface area contributed by atoms with Gasteiger partial charge in [-0.05, 0) is 17.0 Å². The Hall–Kier alpha value is -2.04. The molecule has 0 amide bonds. The molecule has 0 saturated heterocycles. The van der Waals surface area contributed by atoms with Gasteiger partial charge in [0, 0.05) is 0 Å². The molecule has 0 bridgehead atoms. The average molecular weight is 246 g/mol. The van der Waals surface area contributed by atoms with Crippen LogP contribution in [0.15, 0.2) is 24.3 Å². The summed E-state index contributed by atoms with van der Waals surface area (Å²) in [6.45, 7) is 6.79. The fourth-order valence-corrected chi connectivity index (χ4v) is 1.73. The number of nitrogens with two attached hydrogens (primary N) is 1. The van der Waals surface area contributed by atoms with Crippen LogP contribution < -0.4 is 10.5 Å². The molecule has 0 saturated carbocycles. The Morgan fingerprint density at radius 1 is 1.28 bits per heavy atom. The second kappa shape index (κ2) is 4.68. The highest BCUT2D eigenvalue weighted by atomic mass is 16.5. The standard InChI is InChI=1S/C13H18N4O/c1-13(2,3)9-6-4-5-7-10(9)18-8-11-15-12(14)17-16-11/h4-7H,8H2,1-3H3,(H3,14,15,16,17). The van der Waals surface area contributed by atoms with Crippen molar-refractivity contribution in [2.45, 2.75) is 32.8 Å². The van der Waals surface area contributed by atoms with E-state index in [9.17, 15) is 0 Å². The number of nitrogen functional groups attached to an aromatic ring is 1. The zero-order chi connectivity index (χ0) is 13.2. The molecule has 2 rings (SSSR count). The van der Waals surface area contributed by atoms with Crippen LogP contribution in [-0.4, -0.2) is 15.2 Å². The smallest absolute Gasteiger partial charge is 0.239 e. The number of rotatable bonds is 3. The number of nitrogens with one attached hydrogen (secondary N) is 1. The monoisotopic (exact) mass is 246 g/mol. The second-order valence-corrected chi connectivity index (χ2v) is 5.18. The molecule has 0 fully saturated rings. The Bertz CT molecular complexity index is 528. The molecule has 18 heavy (non-hydrogen) atoms. The van der Waals surface area contributed by atoms with Crippen molar-refractivity contribution in [2.75, 3.05) is 5.73 Å². The Balaban J connectivity index is 2.14. The molecule has 0 spiro atoms. The minimum atomic E-state index is 0.0387. The number of hydrogen-bond acceptors (Lipinski definition) is 4. The molecule has 0 aliphatic heterocycles. The van der Waals surface area contributed by atoms with Gasteiger partial charge in [0.25, 0.3) is 0 Å². The molecule has 0 aliphatic carbocycles. The molecule has 5 nitrogen and oxygen atoms in total. The fraction of sp³-hybridized carbons (Fsp3) is 0.385. The maximum absolute atomic E-state index is 5.77. The molecule has 0 aliphatic rings. The van der Waals surface area contributed by atoms with Gasteiger partial charge in [0.1, 0.15) is 12.4 Å². The largest absolute Gasteiger partial charge is 0.485 e. The minimum absolute atomic E-state index is 0.0387. The van der Waals surface area contributed by atoms with Gasteiger partial charge < -0.3 is 10.5 Å². The number of hydrogen-bond donors (Lipinski definition) is 2. The van der Waals surface area contributed by atoms with E-state index in [1.165, 1.54) is 0 Å². The van der Waals surface area contributed by atoms with Gasteiger partial charge in [-0.2, -0.15) is 4.98 Å². The Morgan fingerprint density at radius 2 is 2.00 bits per heavy atom. The summed E-state index contributed by atoms with van der Waals surface area (Å²) in [7, 11) is 0. The maximum atomic E-state index is 5.77. The molecule has 2 aromatic rings. The summed E-state index contributed by atoms with van der Waals surface area (Å²) in [6.07, 6.45) is 0. The maximum Gasteiger partial charge on any atom is 0.239 e. The Kier molecular flexibility index (Phi) is 3.23. The van der Waals surface area contributed by atoms with Gasteiger partial charge >= 0.3 is 0 Å². The fourth-order valence-electron chi connectivity index (χ4n) is 1.73. The highest BCUT2D eigenvalue weighted by Crippen LogP contribution is 2.31. The number of H-pyrrole nitrogens is 1. The molecule has 1 heterocycles. The van der Waals surface area contributed by atoms with E-state index in [1.54, 1.807) is 0 Å². The van der Waals surface area contributed by atoms with Gasteiger partial charge in [-0.3, -0.25) is 5.10 Å². The summed E-state index contributed by atoms with van der Waals surface area (Å²) >= 11 is 0. The van der Waals surface area contributed by atoms with Crippen LogP contribution in [0.2, 0.25) is 0 Å². The van der Waals surface area contributed by atoms with Crippen LogP contribution in [-0.2, 0) is 12.0 Å². The van der Waals surface area contributed by atoms with E-state index in [0.29, 0.717) is 12.4 Å². The lowest BCUT2D eigenvalue weighted by Crippen LogP contribution is -2.13. The number of anilines is 1. The lowest BCUT2D eigenvalue weighted by molar-refractivity contribution is 0.288. The molecule has 3 N–H and O–H groups in total. The number of aromatic amines is 1. The first-order valence-corrected chi connectivity index (χ1v) is 5.86. The summed E-state index contributed by atoms with van der Waals surface area (Å²) in [4.78, 5) is 4.00. The van der Waals surface area contributed by atoms with Crippen molar-refractivity contribution in [2.24, 2.45) is 0 Å². The quantitative estimate of drug-likeness (QED) is 0.871. The highest BCUT2D eigenvalue weighted by molar-refractivity contribution is 5.38. The highest BCUT2D eigenvalue weighted by Gasteiger charge is 2.18. The summed E-state index contributed by atoms with van der Waals surface area (Å²) in [6, 6.07) is 8.00. The van der Waals surface area contributed by atoms with E-state index in [0.717, 1.165) is 11.3 Å². The van der Waals surface area contributed by atoms with E-state index in [-0.39, 0.29) is 11.4 Å². The van der Waals surface area contributed by atoms with E-state index in [2.05, 4.69) is 42.0 Å². The van der Waals surface area contributed by atoms with Crippen LogP contribution in [0.25, 0.3) is 0 Å².